The lowest BCUT2D eigenvalue weighted by Gasteiger charge is -2.20. The van der Waals surface area contributed by atoms with Crippen molar-refractivity contribution in [1.82, 2.24) is 0 Å². The standard InChI is InChI=1S/C12H11NO4/c1-2-17-12(16)9-10(14)7-5-3-4-6-8(7)11(15)13-9/h3-6,8,14H,2H2,1H3. The van der Waals surface area contributed by atoms with Crippen molar-refractivity contribution >= 4 is 17.6 Å². The Bertz CT molecular complexity index is 497. The van der Waals surface area contributed by atoms with Crippen molar-refractivity contribution in [2.75, 3.05) is 6.61 Å². The number of aliphatic hydroxyl groups excluding tert-OH is 1. The molecule has 0 aromatic heterocycles. The number of hydrogen-bond donors (Lipinski definition) is 1. The predicted molar refractivity (Wildman–Crippen MR) is 60.5 cm³/mol. The molecule has 2 rings (SSSR count). The summed E-state index contributed by atoms with van der Waals surface area (Å²) in [7, 11) is 0. The number of hydrogen-bond acceptors (Lipinski definition) is 4. The first-order chi connectivity index (χ1) is 8.15. The molecule has 1 atom stereocenters. The topological polar surface area (TPSA) is 76.0 Å². The maximum absolute atomic E-state index is 11.7. The van der Waals surface area contributed by atoms with Crippen molar-refractivity contribution in [2.24, 2.45) is 10.9 Å². The third-order valence-electron chi connectivity index (χ3n) is 2.48. The van der Waals surface area contributed by atoms with Gasteiger partial charge >= 0.3 is 5.97 Å². The van der Waals surface area contributed by atoms with Gasteiger partial charge in [-0.25, -0.2) is 9.79 Å². The van der Waals surface area contributed by atoms with E-state index in [-0.39, 0.29) is 18.1 Å². The second-order valence-corrected chi connectivity index (χ2v) is 3.54. The van der Waals surface area contributed by atoms with Gasteiger partial charge in [-0.1, -0.05) is 24.3 Å². The molecule has 0 saturated heterocycles. The van der Waals surface area contributed by atoms with E-state index < -0.39 is 17.8 Å². The van der Waals surface area contributed by atoms with E-state index in [0.29, 0.717) is 5.57 Å². The Morgan fingerprint density at radius 1 is 1.53 bits per heavy atom. The van der Waals surface area contributed by atoms with E-state index >= 15 is 0 Å². The van der Waals surface area contributed by atoms with Gasteiger partial charge in [0, 0.05) is 5.57 Å². The van der Waals surface area contributed by atoms with Crippen LogP contribution in [0.3, 0.4) is 0 Å². The maximum Gasteiger partial charge on any atom is 0.360 e. The quantitative estimate of drug-likeness (QED) is 0.724. The summed E-state index contributed by atoms with van der Waals surface area (Å²) in [5.41, 5.74) is 0.0682. The van der Waals surface area contributed by atoms with Crippen LogP contribution in [0.15, 0.2) is 40.6 Å². The largest absolute Gasteiger partial charge is 0.505 e. The van der Waals surface area contributed by atoms with Crippen LogP contribution in [-0.2, 0) is 14.3 Å². The van der Waals surface area contributed by atoms with Gasteiger partial charge in [-0.05, 0) is 6.92 Å². The third-order valence-corrected chi connectivity index (χ3v) is 2.48. The van der Waals surface area contributed by atoms with Crippen molar-refractivity contribution in [3.05, 3.63) is 35.6 Å². The van der Waals surface area contributed by atoms with E-state index in [4.69, 9.17) is 4.74 Å². The first-order valence-electron chi connectivity index (χ1n) is 5.23. The number of aliphatic imine (C=N–C) groups is 1. The monoisotopic (exact) mass is 233 g/mol. The molecule has 1 aliphatic carbocycles. The Morgan fingerprint density at radius 2 is 2.29 bits per heavy atom. The van der Waals surface area contributed by atoms with E-state index in [1.807, 2.05) is 0 Å². The number of nitrogens with zero attached hydrogens (tertiary/aromatic N) is 1. The summed E-state index contributed by atoms with van der Waals surface area (Å²) in [6.45, 7) is 1.80. The number of carbonyl (C=O) groups excluding carboxylic acids is 2. The SMILES string of the molecule is CCOC(=O)C1=NC(=O)C2C=CC=CC2=C1O. The summed E-state index contributed by atoms with van der Waals surface area (Å²) in [5.74, 6) is -2.14. The molecule has 1 N–H and O–H groups in total. The zero-order valence-corrected chi connectivity index (χ0v) is 9.21. The van der Waals surface area contributed by atoms with Crippen LogP contribution in [0.1, 0.15) is 6.92 Å². The molecular formula is C12H11NO4. The Hall–Kier alpha value is -2.17. The molecule has 1 heterocycles. The minimum absolute atomic E-state index is 0.161. The summed E-state index contributed by atoms with van der Waals surface area (Å²) < 4.78 is 4.72. The van der Waals surface area contributed by atoms with Crippen molar-refractivity contribution < 1.29 is 19.4 Å². The fraction of sp³-hybridized carbons (Fsp3) is 0.250. The Labute approximate surface area is 97.8 Å². The zero-order chi connectivity index (χ0) is 12.4. The predicted octanol–water partition coefficient (Wildman–Crippen LogP) is 1.08. The van der Waals surface area contributed by atoms with Crippen LogP contribution in [0, 0.1) is 5.92 Å². The third kappa shape index (κ3) is 1.91. The van der Waals surface area contributed by atoms with Gasteiger partial charge in [0.15, 0.2) is 11.5 Å². The highest BCUT2D eigenvalue weighted by Gasteiger charge is 2.33. The number of allylic oxidation sites excluding steroid dienone is 3. The minimum atomic E-state index is -0.785. The molecule has 0 bridgehead atoms. The van der Waals surface area contributed by atoms with E-state index in [1.165, 1.54) is 0 Å². The van der Waals surface area contributed by atoms with E-state index in [1.54, 1.807) is 31.2 Å². The van der Waals surface area contributed by atoms with Crippen molar-refractivity contribution in [3.8, 4) is 0 Å². The molecule has 0 aromatic carbocycles. The van der Waals surface area contributed by atoms with Gasteiger partial charge in [0.25, 0.3) is 5.91 Å². The van der Waals surface area contributed by atoms with Crippen LogP contribution < -0.4 is 0 Å². The molecule has 5 nitrogen and oxygen atoms in total. The van der Waals surface area contributed by atoms with E-state index in [2.05, 4.69) is 4.99 Å². The lowest BCUT2D eigenvalue weighted by molar-refractivity contribution is -0.135. The fourth-order valence-electron chi connectivity index (χ4n) is 1.69. The summed E-state index contributed by atoms with van der Waals surface area (Å²) >= 11 is 0. The molecule has 1 unspecified atom stereocenters. The normalized spacial score (nSPS) is 22.3. The van der Waals surface area contributed by atoms with Crippen LogP contribution >= 0.6 is 0 Å². The summed E-state index contributed by atoms with van der Waals surface area (Å²) in [6.07, 6.45) is 6.60. The molecule has 2 aliphatic rings. The molecule has 0 radical (unpaired) electrons. The van der Waals surface area contributed by atoms with Crippen LogP contribution in [0.2, 0.25) is 0 Å². The molecule has 88 valence electrons. The molecule has 17 heavy (non-hydrogen) atoms. The highest BCUT2D eigenvalue weighted by molar-refractivity contribution is 6.45. The lowest BCUT2D eigenvalue weighted by atomic mass is 9.89. The highest BCUT2D eigenvalue weighted by Crippen LogP contribution is 2.27. The van der Waals surface area contributed by atoms with Crippen LogP contribution in [0.4, 0.5) is 0 Å². The van der Waals surface area contributed by atoms with Crippen LogP contribution in [-0.4, -0.2) is 29.3 Å². The summed E-state index contributed by atoms with van der Waals surface area (Å²) in [4.78, 5) is 26.7. The summed E-state index contributed by atoms with van der Waals surface area (Å²) in [5, 5.41) is 9.89. The molecule has 0 aromatic rings. The molecular weight excluding hydrogens is 222 g/mol. The van der Waals surface area contributed by atoms with Crippen molar-refractivity contribution in [2.45, 2.75) is 6.92 Å². The number of esters is 1. The van der Waals surface area contributed by atoms with Gasteiger partial charge in [-0.3, -0.25) is 4.79 Å². The fourth-order valence-corrected chi connectivity index (χ4v) is 1.69. The number of carbonyl (C=O) groups is 2. The van der Waals surface area contributed by atoms with Crippen LogP contribution in [0.5, 0.6) is 0 Å². The first-order valence-corrected chi connectivity index (χ1v) is 5.23. The van der Waals surface area contributed by atoms with E-state index in [9.17, 15) is 14.7 Å². The Balaban J connectivity index is 2.40. The average Bonchev–Trinajstić information content (AvgIpc) is 2.34. The first kappa shape index (κ1) is 11.3. The lowest BCUT2D eigenvalue weighted by Crippen LogP contribution is -2.30. The Kier molecular flexibility index (Phi) is 2.91. The minimum Gasteiger partial charge on any atom is -0.505 e. The molecule has 1 aliphatic heterocycles. The smallest absolute Gasteiger partial charge is 0.360 e. The second-order valence-electron chi connectivity index (χ2n) is 3.54. The number of amides is 1. The van der Waals surface area contributed by atoms with Gasteiger partial charge in [0.2, 0.25) is 0 Å². The second kappa shape index (κ2) is 4.37. The highest BCUT2D eigenvalue weighted by atomic mass is 16.5. The molecule has 5 heteroatoms. The van der Waals surface area contributed by atoms with Crippen molar-refractivity contribution in [1.29, 1.82) is 0 Å². The molecule has 0 saturated carbocycles. The Morgan fingerprint density at radius 3 is 3.00 bits per heavy atom. The van der Waals surface area contributed by atoms with E-state index in [0.717, 1.165) is 0 Å². The number of fused-ring (bicyclic) bond motifs is 1. The number of aliphatic hydroxyl groups is 1. The zero-order valence-electron chi connectivity index (χ0n) is 9.21. The average molecular weight is 233 g/mol. The summed E-state index contributed by atoms with van der Waals surface area (Å²) in [6, 6.07) is 0. The maximum atomic E-state index is 11.7. The molecule has 0 fully saturated rings. The van der Waals surface area contributed by atoms with Gasteiger partial charge in [-0.2, -0.15) is 0 Å². The van der Waals surface area contributed by atoms with Gasteiger partial charge in [-0.15, -0.1) is 0 Å². The molecule has 1 amide bonds. The number of ether oxygens (including phenoxy) is 1. The van der Waals surface area contributed by atoms with Gasteiger partial charge < -0.3 is 9.84 Å². The van der Waals surface area contributed by atoms with Crippen molar-refractivity contribution in [3.63, 3.8) is 0 Å². The number of dihydropyridines is 1. The van der Waals surface area contributed by atoms with Gasteiger partial charge in [0.05, 0.1) is 12.5 Å². The number of rotatable bonds is 2. The van der Waals surface area contributed by atoms with Gasteiger partial charge in [0.1, 0.15) is 0 Å². The van der Waals surface area contributed by atoms with Crippen LogP contribution in [0.25, 0.3) is 0 Å². The molecule has 0 spiro atoms.